The van der Waals surface area contributed by atoms with Crippen molar-refractivity contribution in [2.75, 3.05) is 20.3 Å². The lowest BCUT2D eigenvalue weighted by molar-refractivity contribution is 0.0921. The first-order valence-corrected chi connectivity index (χ1v) is 8.69. The fourth-order valence-corrected chi connectivity index (χ4v) is 3.24. The topological polar surface area (TPSA) is 85.2 Å². The van der Waals surface area contributed by atoms with Gasteiger partial charge in [0.15, 0.2) is 0 Å². The van der Waals surface area contributed by atoms with Crippen LogP contribution < -0.4 is 10.6 Å². The van der Waals surface area contributed by atoms with Crippen LogP contribution in [0.25, 0.3) is 0 Å². The number of aromatic nitrogens is 2. The average molecular weight is 356 g/mol. The number of benzene rings is 1. The molecule has 1 unspecified atom stereocenters. The van der Waals surface area contributed by atoms with E-state index in [1.165, 1.54) is 0 Å². The summed E-state index contributed by atoms with van der Waals surface area (Å²) in [6, 6.07) is 7.58. The van der Waals surface area contributed by atoms with Gasteiger partial charge < -0.3 is 15.4 Å². The number of methoxy groups -OCH3 is 1. The molecule has 0 aliphatic carbocycles. The summed E-state index contributed by atoms with van der Waals surface area (Å²) >= 11 is 0. The first-order chi connectivity index (χ1) is 12.5. The largest absolute Gasteiger partial charge is 0.383 e. The molecule has 2 N–H and O–H groups in total. The molecule has 1 aromatic carbocycles. The van der Waals surface area contributed by atoms with Gasteiger partial charge in [0, 0.05) is 31.3 Å². The Kier molecular flexibility index (Phi) is 5.37. The summed E-state index contributed by atoms with van der Waals surface area (Å²) in [5.74, 6) is -0.287. The van der Waals surface area contributed by atoms with E-state index in [9.17, 15) is 9.59 Å². The van der Waals surface area contributed by atoms with Crippen molar-refractivity contribution in [1.82, 2.24) is 20.4 Å². The Hall–Kier alpha value is -2.67. The maximum Gasteiger partial charge on any atom is 0.271 e. The lowest BCUT2D eigenvalue weighted by atomic mass is 10.1. The van der Waals surface area contributed by atoms with Gasteiger partial charge in [-0.05, 0) is 32.0 Å². The van der Waals surface area contributed by atoms with Crippen LogP contribution in [-0.2, 0) is 17.7 Å². The smallest absolute Gasteiger partial charge is 0.271 e. The van der Waals surface area contributed by atoms with Crippen molar-refractivity contribution in [3.05, 3.63) is 52.3 Å². The number of hydrogen-bond acceptors (Lipinski definition) is 4. The highest BCUT2D eigenvalue weighted by Gasteiger charge is 2.26. The molecule has 0 saturated carbocycles. The van der Waals surface area contributed by atoms with Gasteiger partial charge in [-0.2, -0.15) is 5.10 Å². The second-order valence-electron chi connectivity index (χ2n) is 6.70. The third kappa shape index (κ3) is 4.11. The van der Waals surface area contributed by atoms with Gasteiger partial charge in [0.2, 0.25) is 0 Å². The number of ether oxygens (including phenoxy) is 1. The number of nitrogens with zero attached hydrogens (tertiary/aromatic N) is 2. The molecule has 1 atom stereocenters. The van der Waals surface area contributed by atoms with Crippen molar-refractivity contribution >= 4 is 11.8 Å². The maximum absolute atomic E-state index is 12.5. The van der Waals surface area contributed by atoms with Crippen molar-refractivity contribution in [1.29, 1.82) is 0 Å². The third-order valence-corrected chi connectivity index (χ3v) is 4.36. The van der Waals surface area contributed by atoms with Crippen molar-refractivity contribution in [3.8, 4) is 0 Å². The Bertz CT molecular complexity index is 784. The van der Waals surface area contributed by atoms with E-state index in [-0.39, 0.29) is 17.9 Å². The molecule has 1 aliphatic rings. The highest BCUT2D eigenvalue weighted by atomic mass is 16.5. The Morgan fingerprint density at radius 2 is 1.92 bits per heavy atom. The van der Waals surface area contributed by atoms with E-state index in [1.54, 1.807) is 17.9 Å². The number of nitrogens with one attached hydrogen (secondary N) is 2. The summed E-state index contributed by atoms with van der Waals surface area (Å²) in [5.41, 5.74) is 4.16. The quantitative estimate of drug-likeness (QED) is 0.763. The van der Waals surface area contributed by atoms with Gasteiger partial charge in [-0.25, -0.2) is 0 Å². The average Bonchev–Trinajstić information content (AvgIpc) is 3.12. The number of amides is 2. The predicted molar refractivity (Wildman–Crippen MR) is 97.3 cm³/mol. The van der Waals surface area contributed by atoms with E-state index in [2.05, 4.69) is 15.7 Å². The van der Waals surface area contributed by atoms with Crippen LogP contribution in [0.2, 0.25) is 0 Å². The molecule has 1 aromatic heterocycles. The number of hydrogen-bond donors (Lipinski definition) is 2. The molecule has 0 bridgehead atoms. The molecule has 138 valence electrons. The molecule has 7 nitrogen and oxygen atoms in total. The van der Waals surface area contributed by atoms with Gasteiger partial charge in [-0.3, -0.25) is 14.3 Å². The van der Waals surface area contributed by atoms with E-state index in [0.717, 1.165) is 16.8 Å². The number of carbonyl (C=O) groups excluding carboxylic acids is 2. The lowest BCUT2D eigenvalue weighted by Crippen LogP contribution is -2.36. The van der Waals surface area contributed by atoms with E-state index in [0.29, 0.717) is 37.4 Å². The van der Waals surface area contributed by atoms with E-state index >= 15 is 0 Å². The molecular formula is C19H24N4O3. The van der Waals surface area contributed by atoms with Crippen LogP contribution in [0, 0.1) is 13.8 Å². The molecule has 3 rings (SSSR count). The first kappa shape index (κ1) is 18.1. The lowest BCUT2D eigenvalue weighted by Gasteiger charge is -2.12. The Morgan fingerprint density at radius 3 is 2.58 bits per heavy atom. The van der Waals surface area contributed by atoms with Gasteiger partial charge in [0.05, 0.1) is 19.2 Å². The number of fused-ring (bicyclic) bond motifs is 1. The molecular weight excluding hydrogens is 332 g/mol. The van der Waals surface area contributed by atoms with Crippen molar-refractivity contribution in [2.24, 2.45) is 0 Å². The van der Waals surface area contributed by atoms with Crippen LogP contribution in [0.15, 0.2) is 24.3 Å². The van der Waals surface area contributed by atoms with Gasteiger partial charge in [0.25, 0.3) is 11.8 Å². The molecule has 7 heteroatoms. The monoisotopic (exact) mass is 356 g/mol. The number of rotatable bonds is 6. The summed E-state index contributed by atoms with van der Waals surface area (Å²) < 4.78 is 6.70. The minimum atomic E-state index is -0.209. The molecule has 2 aromatic rings. The minimum Gasteiger partial charge on any atom is -0.383 e. The van der Waals surface area contributed by atoms with Gasteiger partial charge in [-0.1, -0.05) is 17.2 Å². The second kappa shape index (κ2) is 7.70. The normalized spacial score (nSPS) is 15.6. The molecule has 2 amide bonds. The molecule has 0 saturated heterocycles. The molecule has 0 radical (unpaired) electrons. The minimum absolute atomic E-state index is 0.0172. The highest BCUT2D eigenvalue weighted by Crippen LogP contribution is 2.17. The maximum atomic E-state index is 12.5. The summed E-state index contributed by atoms with van der Waals surface area (Å²) in [6.07, 6.45) is 0.662. The van der Waals surface area contributed by atoms with Crippen LogP contribution in [-0.4, -0.2) is 47.9 Å². The van der Waals surface area contributed by atoms with Crippen LogP contribution in [0.3, 0.4) is 0 Å². The van der Waals surface area contributed by atoms with Crippen molar-refractivity contribution in [2.45, 2.75) is 32.9 Å². The van der Waals surface area contributed by atoms with Gasteiger partial charge in [-0.15, -0.1) is 0 Å². The summed E-state index contributed by atoms with van der Waals surface area (Å²) in [5, 5.41) is 10.2. The van der Waals surface area contributed by atoms with E-state index in [4.69, 9.17) is 4.74 Å². The highest BCUT2D eigenvalue weighted by molar-refractivity contribution is 5.95. The Labute approximate surface area is 152 Å². The zero-order chi connectivity index (χ0) is 18.7. The number of aryl methyl sites for hydroxylation is 2. The van der Waals surface area contributed by atoms with Crippen LogP contribution >= 0.6 is 0 Å². The van der Waals surface area contributed by atoms with Crippen LogP contribution in [0.4, 0.5) is 0 Å². The molecule has 26 heavy (non-hydrogen) atoms. The van der Waals surface area contributed by atoms with Crippen LogP contribution in [0.1, 0.15) is 37.7 Å². The second-order valence-corrected chi connectivity index (χ2v) is 6.70. The zero-order valence-electron chi connectivity index (χ0n) is 15.3. The van der Waals surface area contributed by atoms with Gasteiger partial charge >= 0.3 is 0 Å². The fraction of sp³-hybridized carbons (Fsp3) is 0.421. The molecule has 0 spiro atoms. The Balaban J connectivity index is 1.58. The molecule has 1 aliphatic heterocycles. The van der Waals surface area contributed by atoms with E-state index < -0.39 is 0 Å². The summed E-state index contributed by atoms with van der Waals surface area (Å²) in [4.78, 5) is 24.5. The van der Waals surface area contributed by atoms with Gasteiger partial charge in [0.1, 0.15) is 5.69 Å². The van der Waals surface area contributed by atoms with Crippen molar-refractivity contribution in [3.63, 3.8) is 0 Å². The fourth-order valence-electron chi connectivity index (χ4n) is 3.24. The summed E-state index contributed by atoms with van der Waals surface area (Å²) in [6.45, 7) is 5.44. The summed E-state index contributed by atoms with van der Waals surface area (Å²) in [7, 11) is 1.59. The first-order valence-electron chi connectivity index (χ1n) is 8.69. The molecule has 0 fully saturated rings. The Morgan fingerprint density at radius 1 is 1.19 bits per heavy atom. The SMILES string of the molecule is COCCNC(=O)c1cc2n(n1)CC(NC(=O)c1cc(C)cc(C)c1)C2. The standard InChI is InChI=1S/C19H24N4O3/c1-12-6-13(2)8-14(7-12)18(24)21-15-9-16-10-17(22-23(16)11-15)19(25)20-4-5-26-3/h6-8,10,15H,4-5,9,11H2,1-3H3,(H,20,25)(H,21,24). The zero-order valence-corrected chi connectivity index (χ0v) is 15.3. The van der Waals surface area contributed by atoms with E-state index in [1.807, 2.05) is 32.0 Å². The van der Waals surface area contributed by atoms with Crippen LogP contribution in [0.5, 0.6) is 0 Å². The number of carbonyl (C=O) groups is 2. The predicted octanol–water partition coefficient (Wildman–Crippen LogP) is 1.23. The van der Waals surface area contributed by atoms with Crippen molar-refractivity contribution < 1.29 is 14.3 Å². The molecule has 2 heterocycles. The third-order valence-electron chi connectivity index (χ3n) is 4.36.